The summed E-state index contributed by atoms with van der Waals surface area (Å²) in [5.74, 6) is -0.989. The Labute approximate surface area is 192 Å². The molecule has 3 N–H and O–H groups in total. The predicted octanol–water partition coefficient (Wildman–Crippen LogP) is 2.50. The Bertz CT molecular complexity index is 1030. The molecule has 2 aliphatic rings. The molecule has 4 rings (SSSR count). The highest BCUT2D eigenvalue weighted by atomic mass is 32.2. The van der Waals surface area contributed by atoms with E-state index in [4.69, 9.17) is 4.74 Å². The first-order chi connectivity index (χ1) is 15.4. The number of likely N-dealkylation sites (tertiary alicyclic amines) is 1. The van der Waals surface area contributed by atoms with Crippen molar-refractivity contribution in [1.29, 1.82) is 0 Å². The van der Waals surface area contributed by atoms with Crippen molar-refractivity contribution in [3.8, 4) is 0 Å². The summed E-state index contributed by atoms with van der Waals surface area (Å²) in [6, 6.07) is 3.35. The second kappa shape index (κ2) is 9.57. The lowest BCUT2D eigenvalue weighted by Crippen LogP contribution is -2.42. The fourth-order valence-corrected chi connectivity index (χ4v) is 5.17. The van der Waals surface area contributed by atoms with Gasteiger partial charge in [0.05, 0.1) is 17.4 Å². The first-order valence-electron chi connectivity index (χ1n) is 9.93. The molecule has 4 heterocycles. The zero-order valence-corrected chi connectivity index (χ0v) is 18.8. The van der Waals surface area contributed by atoms with Gasteiger partial charge in [-0.25, -0.2) is 4.79 Å². The van der Waals surface area contributed by atoms with E-state index in [-0.39, 0.29) is 23.5 Å². The molecule has 12 heteroatoms. The van der Waals surface area contributed by atoms with E-state index in [1.807, 2.05) is 6.07 Å². The molecule has 10 nitrogen and oxygen atoms in total. The molecule has 168 valence electrons. The molecule has 1 unspecified atom stereocenters. The van der Waals surface area contributed by atoms with Crippen LogP contribution in [0.15, 0.2) is 34.8 Å². The third-order valence-electron chi connectivity index (χ3n) is 5.07. The zero-order valence-electron chi connectivity index (χ0n) is 17.1. The van der Waals surface area contributed by atoms with Crippen LogP contribution in [0.2, 0.25) is 0 Å². The van der Waals surface area contributed by atoms with Crippen molar-refractivity contribution in [2.75, 3.05) is 23.7 Å². The van der Waals surface area contributed by atoms with Gasteiger partial charge >= 0.3 is 6.09 Å². The number of anilines is 2. The summed E-state index contributed by atoms with van der Waals surface area (Å²) >= 11 is 2.54. The molecular weight excluding hydrogens is 454 g/mol. The van der Waals surface area contributed by atoms with E-state index < -0.39 is 17.4 Å². The number of rotatable bonds is 4. The number of thioether (sulfide) groups is 1. The van der Waals surface area contributed by atoms with Gasteiger partial charge < -0.3 is 20.3 Å². The van der Waals surface area contributed by atoms with Crippen molar-refractivity contribution in [3.05, 3.63) is 35.5 Å². The first kappa shape index (κ1) is 22.1. The maximum Gasteiger partial charge on any atom is 0.414 e. The first-order valence-corrected chi connectivity index (χ1v) is 11.7. The number of aromatic nitrogens is 1. The number of nitrogens with zero attached hydrogens (tertiary/aromatic N) is 2. The monoisotopic (exact) mass is 475 g/mol. The number of carbonyl (C=O) groups is 4. The van der Waals surface area contributed by atoms with Gasteiger partial charge in [-0.05, 0) is 17.5 Å². The van der Waals surface area contributed by atoms with Gasteiger partial charge in [-0.3, -0.25) is 24.7 Å². The molecule has 1 atom stereocenters. The number of amides is 4. The fraction of sp³-hybridized carbons (Fsp3) is 0.350. The summed E-state index contributed by atoms with van der Waals surface area (Å²) < 4.78 is 5.31. The molecule has 0 aromatic carbocycles. The number of ether oxygens (including phenoxy) is 1. The Hall–Kier alpha value is -3.12. The number of alkyl carbamates (subject to hydrolysis) is 1. The lowest BCUT2D eigenvalue weighted by Gasteiger charge is -2.30. The van der Waals surface area contributed by atoms with Crippen molar-refractivity contribution < 1.29 is 23.9 Å². The predicted molar refractivity (Wildman–Crippen MR) is 120 cm³/mol. The Balaban J connectivity index is 1.29. The van der Waals surface area contributed by atoms with E-state index >= 15 is 0 Å². The van der Waals surface area contributed by atoms with E-state index in [1.165, 1.54) is 36.1 Å². The summed E-state index contributed by atoms with van der Waals surface area (Å²) in [6.45, 7) is 2.52. The molecule has 0 bridgehead atoms. The topological polar surface area (TPSA) is 130 Å². The molecule has 2 aliphatic heterocycles. The van der Waals surface area contributed by atoms with Crippen molar-refractivity contribution in [3.63, 3.8) is 0 Å². The van der Waals surface area contributed by atoms with E-state index in [0.29, 0.717) is 30.9 Å². The number of piperidine rings is 1. The zero-order chi connectivity index (χ0) is 22.7. The van der Waals surface area contributed by atoms with Crippen LogP contribution in [-0.4, -0.2) is 58.3 Å². The number of carbonyl (C=O) groups excluding carboxylic acids is 4. The molecule has 4 amide bonds. The van der Waals surface area contributed by atoms with Crippen molar-refractivity contribution >= 4 is 57.6 Å². The maximum atomic E-state index is 12.7. The van der Waals surface area contributed by atoms with Crippen LogP contribution in [0.4, 0.5) is 15.5 Å². The number of pyridine rings is 1. The van der Waals surface area contributed by atoms with Crippen molar-refractivity contribution in [2.24, 2.45) is 0 Å². The molecule has 1 fully saturated rings. The third-order valence-corrected chi connectivity index (χ3v) is 7.08. The lowest BCUT2D eigenvalue weighted by molar-refractivity contribution is -0.130. The normalized spacial score (nSPS) is 17.8. The summed E-state index contributed by atoms with van der Waals surface area (Å²) in [5.41, 5.74) is 0.951. The van der Waals surface area contributed by atoms with Gasteiger partial charge in [0, 0.05) is 43.9 Å². The Morgan fingerprint density at radius 1 is 1.22 bits per heavy atom. The summed E-state index contributed by atoms with van der Waals surface area (Å²) in [6.07, 6.45) is 3.13. The summed E-state index contributed by atoms with van der Waals surface area (Å²) in [5, 5.41) is 9.46. The number of nitrogens with one attached hydrogen (secondary N) is 3. The van der Waals surface area contributed by atoms with E-state index in [2.05, 4.69) is 20.9 Å². The molecule has 1 saturated heterocycles. The van der Waals surface area contributed by atoms with E-state index in [9.17, 15) is 19.2 Å². The Morgan fingerprint density at radius 3 is 2.72 bits per heavy atom. The second-order valence-corrected chi connectivity index (χ2v) is 9.29. The van der Waals surface area contributed by atoms with Gasteiger partial charge in [0.1, 0.15) is 11.1 Å². The van der Waals surface area contributed by atoms with Crippen molar-refractivity contribution in [2.45, 2.75) is 36.1 Å². The van der Waals surface area contributed by atoms with Gasteiger partial charge in [0.2, 0.25) is 5.91 Å². The average molecular weight is 476 g/mol. The van der Waals surface area contributed by atoms with Crippen LogP contribution in [0.3, 0.4) is 0 Å². The Kier molecular flexibility index (Phi) is 6.61. The van der Waals surface area contributed by atoms with Crippen LogP contribution >= 0.6 is 23.1 Å². The number of imide groups is 1. The van der Waals surface area contributed by atoms with Crippen LogP contribution < -0.4 is 16.0 Å². The van der Waals surface area contributed by atoms with Crippen LogP contribution in [0.5, 0.6) is 0 Å². The SMILES string of the molecule is CC(=O)N1CCC(OC(=O)NC(=O)c2ccsc2NC(=O)C2Nc3cnccc3S2)CC1. The molecule has 32 heavy (non-hydrogen) atoms. The van der Waals surface area contributed by atoms with Gasteiger partial charge in [0.15, 0.2) is 5.37 Å². The van der Waals surface area contributed by atoms with Crippen LogP contribution in [0.1, 0.15) is 30.1 Å². The summed E-state index contributed by atoms with van der Waals surface area (Å²) in [4.78, 5) is 55.4. The smallest absolute Gasteiger partial charge is 0.414 e. The highest BCUT2D eigenvalue weighted by Crippen LogP contribution is 2.38. The van der Waals surface area contributed by atoms with Gasteiger partial charge in [-0.15, -0.1) is 11.3 Å². The number of hydrogen-bond donors (Lipinski definition) is 3. The standard InChI is InChI=1S/C20H21N5O5S2/c1-11(26)25-7-3-12(4-8-25)30-20(29)24-16(27)13-5-9-31-18(13)23-17(28)19-22-14-10-21-6-2-15(14)32-19/h2,5-6,9-10,12,19,22H,3-4,7-8H2,1H3,(H,23,28)(H,24,27,29). The average Bonchev–Trinajstić information content (AvgIpc) is 3.41. The number of thiophene rings is 1. The molecule has 0 aliphatic carbocycles. The minimum Gasteiger partial charge on any atom is -0.446 e. The molecular formula is C20H21N5O5S2. The second-order valence-electron chi connectivity index (χ2n) is 7.23. The van der Waals surface area contributed by atoms with Crippen LogP contribution in [-0.2, 0) is 14.3 Å². The molecule has 2 aromatic heterocycles. The highest BCUT2D eigenvalue weighted by molar-refractivity contribution is 8.01. The fourth-order valence-electron chi connectivity index (χ4n) is 3.40. The van der Waals surface area contributed by atoms with Gasteiger partial charge in [-0.2, -0.15) is 0 Å². The number of fused-ring (bicyclic) bond motifs is 1. The third kappa shape index (κ3) is 5.02. The largest absolute Gasteiger partial charge is 0.446 e. The maximum absolute atomic E-state index is 12.7. The molecule has 2 aromatic rings. The van der Waals surface area contributed by atoms with Gasteiger partial charge in [-0.1, -0.05) is 11.8 Å². The number of hydrogen-bond acceptors (Lipinski definition) is 9. The lowest BCUT2D eigenvalue weighted by atomic mass is 10.1. The van der Waals surface area contributed by atoms with E-state index in [1.54, 1.807) is 22.7 Å². The molecule has 0 saturated carbocycles. The van der Waals surface area contributed by atoms with Gasteiger partial charge in [0.25, 0.3) is 11.8 Å². The van der Waals surface area contributed by atoms with Crippen molar-refractivity contribution in [1.82, 2.24) is 15.2 Å². The van der Waals surface area contributed by atoms with Crippen LogP contribution in [0, 0.1) is 0 Å². The molecule has 0 spiro atoms. The van der Waals surface area contributed by atoms with Crippen LogP contribution in [0.25, 0.3) is 0 Å². The highest BCUT2D eigenvalue weighted by Gasteiger charge is 2.29. The minimum absolute atomic E-state index is 0.0122. The molecule has 0 radical (unpaired) electrons. The summed E-state index contributed by atoms with van der Waals surface area (Å²) in [7, 11) is 0. The van der Waals surface area contributed by atoms with E-state index in [0.717, 1.165) is 10.6 Å². The quantitative estimate of drug-likeness (QED) is 0.615. The Morgan fingerprint density at radius 2 is 2.00 bits per heavy atom. The minimum atomic E-state index is -0.851.